The van der Waals surface area contributed by atoms with E-state index in [2.05, 4.69) is 26.5 Å². The highest BCUT2D eigenvalue weighted by atomic mass is 19.3. The van der Waals surface area contributed by atoms with Crippen LogP contribution < -0.4 is 21.1 Å². The summed E-state index contributed by atoms with van der Waals surface area (Å²) in [5, 5.41) is 6.20. The second-order valence-electron chi connectivity index (χ2n) is 7.57. The minimum absolute atomic E-state index is 0.105. The van der Waals surface area contributed by atoms with E-state index in [-0.39, 0.29) is 11.8 Å². The molecule has 0 spiro atoms. The van der Waals surface area contributed by atoms with Gasteiger partial charge in [0.2, 0.25) is 0 Å². The van der Waals surface area contributed by atoms with E-state index in [9.17, 15) is 13.6 Å². The van der Waals surface area contributed by atoms with Crippen molar-refractivity contribution in [1.82, 2.24) is 9.88 Å². The van der Waals surface area contributed by atoms with Gasteiger partial charge in [0.15, 0.2) is 0 Å². The van der Waals surface area contributed by atoms with Crippen molar-refractivity contribution in [3.63, 3.8) is 0 Å². The van der Waals surface area contributed by atoms with Crippen molar-refractivity contribution in [3.05, 3.63) is 55.1 Å². The molecule has 4 N–H and O–H groups in total. The van der Waals surface area contributed by atoms with Crippen LogP contribution in [-0.4, -0.2) is 23.8 Å². The van der Waals surface area contributed by atoms with E-state index in [1.54, 1.807) is 30.3 Å². The number of fused-ring (bicyclic) bond motifs is 1. The summed E-state index contributed by atoms with van der Waals surface area (Å²) in [6.45, 7) is 1.81. The van der Waals surface area contributed by atoms with Gasteiger partial charge in [0.25, 0.3) is 0 Å². The number of ether oxygens (including phenoxy) is 1. The lowest BCUT2D eigenvalue weighted by Gasteiger charge is -2.13. The monoisotopic (exact) mass is 426 g/mol. The van der Waals surface area contributed by atoms with Crippen LogP contribution in [0, 0.1) is 5.92 Å². The average Bonchev–Trinajstić information content (AvgIpc) is 3.52. The first-order chi connectivity index (χ1) is 15.0. The van der Waals surface area contributed by atoms with Gasteiger partial charge in [-0.2, -0.15) is 8.78 Å². The predicted molar refractivity (Wildman–Crippen MR) is 118 cm³/mol. The molecule has 1 saturated carbocycles. The summed E-state index contributed by atoms with van der Waals surface area (Å²) in [5.41, 5.74) is 10.2. The third-order valence-corrected chi connectivity index (χ3v) is 5.26. The van der Waals surface area contributed by atoms with Crippen LogP contribution >= 0.6 is 0 Å². The standard InChI is InChI=1S/C23H24F2N4O2/c1-2-11-27-23(30)28-16-7-5-15(6-8-16)21-20(26)18-10-9-17(31-22(24)25)12-19(18)29(21)13-14-3-4-14/h2,5-10,12,14,22H,1,3-4,11,13,26H2,(H2,27,28,30). The first kappa shape index (κ1) is 20.7. The number of halogens is 2. The number of alkyl halides is 2. The third kappa shape index (κ3) is 4.63. The number of nitrogens with zero attached hydrogens (tertiary/aromatic N) is 1. The molecule has 0 atom stereocenters. The van der Waals surface area contributed by atoms with Gasteiger partial charge in [-0.1, -0.05) is 18.2 Å². The number of hydrogen-bond acceptors (Lipinski definition) is 3. The topological polar surface area (TPSA) is 81.3 Å². The van der Waals surface area contributed by atoms with E-state index in [1.165, 1.54) is 6.07 Å². The molecular weight excluding hydrogens is 402 g/mol. The number of anilines is 2. The minimum atomic E-state index is -2.88. The van der Waals surface area contributed by atoms with Gasteiger partial charge in [-0.05, 0) is 43.0 Å². The number of nitrogen functional groups attached to an aromatic ring is 1. The van der Waals surface area contributed by atoms with Crippen molar-refractivity contribution in [2.45, 2.75) is 26.0 Å². The Balaban J connectivity index is 1.69. The fraction of sp³-hybridized carbons (Fsp3) is 0.261. The number of nitrogens with two attached hydrogens (primary N) is 1. The molecule has 1 aliphatic rings. The molecule has 1 heterocycles. The number of aromatic nitrogens is 1. The lowest BCUT2D eigenvalue weighted by Crippen LogP contribution is -2.28. The van der Waals surface area contributed by atoms with Gasteiger partial charge in [-0.25, -0.2) is 4.79 Å². The zero-order chi connectivity index (χ0) is 22.0. The maximum atomic E-state index is 12.7. The quantitative estimate of drug-likeness (QED) is 0.433. The molecule has 4 rings (SSSR count). The van der Waals surface area contributed by atoms with Crippen LogP contribution in [0.4, 0.5) is 25.0 Å². The van der Waals surface area contributed by atoms with Gasteiger partial charge < -0.3 is 25.7 Å². The van der Waals surface area contributed by atoms with E-state index >= 15 is 0 Å². The highest BCUT2D eigenvalue weighted by Crippen LogP contribution is 2.41. The zero-order valence-electron chi connectivity index (χ0n) is 16.9. The van der Waals surface area contributed by atoms with Crippen LogP contribution in [0.25, 0.3) is 22.2 Å². The van der Waals surface area contributed by atoms with Crippen LogP contribution in [-0.2, 0) is 6.54 Å². The van der Waals surface area contributed by atoms with Crippen LogP contribution in [0.2, 0.25) is 0 Å². The third-order valence-electron chi connectivity index (χ3n) is 5.26. The van der Waals surface area contributed by atoms with Crippen molar-refractivity contribution in [2.75, 3.05) is 17.6 Å². The number of amides is 2. The first-order valence-corrected chi connectivity index (χ1v) is 10.1. The molecule has 2 aromatic carbocycles. The highest BCUT2D eigenvalue weighted by molar-refractivity contribution is 6.01. The Morgan fingerprint density at radius 2 is 2.00 bits per heavy atom. The van der Waals surface area contributed by atoms with Crippen LogP contribution in [0.15, 0.2) is 55.1 Å². The lowest BCUT2D eigenvalue weighted by molar-refractivity contribution is -0.0497. The van der Waals surface area contributed by atoms with Crippen molar-refractivity contribution in [1.29, 1.82) is 0 Å². The number of benzene rings is 2. The number of nitrogens with one attached hydrogen (secondary N) is 2. The summed E-state index contributed by atoms with van der Waals surface area (Å²) in [4.78, 5) is 11.8. The molecule has 0 unspecified atom stereocenters. The maximum absolute atomic E-state index is 12.7. The van der Waals surface area contributed by atoms with Crippen LogP contribution in [0.3, 0.4) is 0 Å². The number of urea groups is 1. The zero-order valence-corrected chi connectivity index (χ0v) is 16.9. The number of carbonyl (C=O) groups excluding carboxylic acids is 1. The molecular formula is C23H24F2N4O2. The van der Waals surface area contributed by atoms with Crippen molar-refractivity contribution < 1.29 is 18.3 Å². The normalized spacial score (nSPS) is 13.4. The van der Waals surface area contributed by atoms with Gasteiger partial charge in [-0.15, -0.1) is 6.58 Å². The molecule has 8 heteroatoms. The number of carbonyl (C=O) groups is 1. The molecule has 0 radical (unpaired) electrons. The largest absolute Gasteiger partial charge is 0.435 e. The molecule has 1 aromatic heterocycles. The van der Waals surface area contributed by atoms with Crippen molar-refractivity contribution in [2.24, 2.45) is 5.92 Å². The second-order valence-corrected chi connectivity index (χ2v) is 7.57. The van der Waals surface area contributed by atoms with E-state index in [0.29, 0.717) is 23.8 Å². The molecule has 3 aromatic rings. The maximum Gasteiger partial charge on any atom is 0.387 e. The fourth-order valence-electron chi connectivity index (χ4n) is 3.64. The van der Waals surface area contributed by atoms with Crippen LogP contribution in [0.1, 0.15) is 12.8 Å². The Hall–Kier alpha value is -3.55. The molecule has 1 aliphatic carbocycles. The van der Waals surface area contributed by atoms with Gasteiger partial charge in [0.05, 0.1) is 16.9 Å². The highest BCUT2D eigenvalue weighted by Gasteiger charge is 2.26. The molecule has 6 nitrogen and oxygen atoms in total. The molecule has 0 aliphatic heterocycles. The fourth-order valence-corrected chi connectivity index (χ4v) is 3.64. The summed E-state index contributed by atoms with van der Waals surface area (Å²) < 4.78 is 32.1. The van der Waals surface area contributed by atoms with E-state index < -0.39 is 6.61 Å². The summed E-state index contributed by atoms with van der Waals surface area (Å²) in [6.07, 6.45) is 3.87. The Morgan fingerprint density at radius 3 is 2.65 bits per heavy atom. The SMILES string of the molecule is C=CCNC(=O)Nc1ccc(-c2c(N)c3ccc(OC(F)F)cc3n2CC2CC2)cc1. The average molecular weight is 426 g/mol. The Kier molecular flexibility index (Phi) is 5.79. The molecule has 1 fully saturated rings. The van der Waals surface area contributed by atoms with Gasteiger partial charge >= 0.3 is 12.6 Å². The van der Waals surface area contributed by atoms with Gasteiger partial charge in [0, 0.05) is 35.8 Å². The van der Waals surface area contributed by atoms with E-state index in [4.69, 9.17) is 5.73 Å². The summed E-state index contributed by atoms with van der Waals surface area (Å²) in [6, 6.07) is 11.9. The lowest BCUT2D eigenvalue weighted by atomic mass is 10.1. The smallest absolute Gasteiger partial charge is 0.387 e. The predicted octanol–water partition coefficient (Wildman–Crippen LogP) is 5.21. The first-order valence-electron chi connectivity index (χ1n) is 10.1. The summed E-state index contributed by atoms with van der Waals surface area (Å²) >= 11 is 0. The Bertz CT molecular complexity index is 1100. The molecule has 0 saturated heterocycles. The van der Waals surface area contributed by atoms with Gasteiger partial charge in [0.1, 0.15) is 5.75 Å². The van der Waals surface area contributed by atoms with E-state index in [1.807, 2.05) is 12.1 Å². The van der Waals surface area contributed by atoms with Crippen molar-refractivity contribution >= 4 is 28.3 Å². The Labute approximate surface area is 178 Å². The van der Waals surface area contributed by atoms with Gasteiger partial charge in [-0.3, -0.25) is 0 Å². The number of rotatable bonds is 8. The molecule has 2 amide bonds. The molecule has 0 bridgehead atoms. The Morgan fingerprint density at radius 1 is 1.26 bits per heavy atom. The molecule has 31 heavy (non-hydrogen) atoms. The minimum Gasteiger partial charge on any atom is -0.435 e. The number of hydrogen-bond donors (Lipinski definition) is 3. The molecule has 162 valence electrons. The van der Waals surface area contributed by atoms with Crippen LogP contribution in [0.5, 0.6) is 5.75 Å². The van der Waals surface area contributed by atoms with Crippen molar-refractivity contribution in [3.8, 4) is 17.0 Å². The second kappa shape index (κ2) is 8.67. The summed E-state index contributed by atoms with van der Waals surface area (Å²) in [5.74, 6) is 0.650. The van der Waals surface area contributed by atoms with E-state index in [0.717, 1.165) is 41.5 Å². The summed E-state index contributed by atoms with van der Waals surface area (Å²) in [7, 11) is 0.